The number of hydrogen-bond donors (Lipinski definition) is 3. The highest BCUT2D eigenvalue weighted by molar-refractivity contribution is 9.10. The average Bonchev–Trinajstić information content (AvgIpc) is 2.97. The molecule has 0 aliphatic heterocycles. The number of amides is 1. The number of alkyl halides is 3. The Bertz CT molecular complexity index is 1470. The zero-order valence-electron chi connectivity index (χ0n) is 23.7. The molecular weight excluding hydrogens is 654 g/mol. The molecule has 236 valence electrons. The van der Waals surface area contributed by atoms with Crippen molar-refractivity contribution in [1.29, 1.82) is 0 Å². The first-order valence-corrected chi connectivity index (χ1v) is 13.7. The summed E-state index contributed by atoms with van der Waals surface area (Å²) in [7, 11) is 2.96. The molecule has 1 amide bonds. The predicted molar refractivity (Wildman–Crippen MR) is 158 cm³/mol. The maximum Gasteiger partial charge on any atom is 0.490 e. The summed E-state index contributed by atoms with van der Waals surface area (Å²) in [6.07, 6.45) is -4.15. The van der Waals surface area contributed by atoms with Gasteiger partial charge in [-0.3, -0.25) is 14.9 Å². The molecule has 0 aliphatic rings. The van der Waals surface area contributed by atoms with Gasteiger partial charge in [0.05, 0.1) is 20.6 Å². The van der Waals surface area contributed by atoms with Crippen LogP contribution in [0.3, 0.4) is 0 Å². The molecule has 0 fully saturated rings. The standard InChI is InChI=1S/C28H29BrFN3O4.C2HF3O2/c1-36-21-11-10-20(22(29)17-21)16-27(35)33-28(31)32-24(14-18-6-4-3-5-7-18)25(34)13-9-19-8-12-23(30)26(15-19)37-2;3-2(4,5)1(6)7/h3-8,10-12,15,17,24H,9,13-14,16H2,1-2H3,(H3,31,32,33,35);(H,6,7)/t24-;/m1./s1. The number of aliphatic imine (C=N–C) groups is 1. The van der Waals surface area contributed by atoms with Gasteiger partial charge in [0.25, 0.3) is 0 Å². The number of ether oxygens (including phenoxy) is 2. The number of carboxylic acid groups (broad SMARTS) is 1. The number of carbonyl (C=O) groups is 3. The Hall–Kier alpha value is -4.46. The van der Waals surface area contributed by atoms with E-state index in [0.29, 0.717) is 18.6 Å². The van der Waals surface area contributed by atoms with Gasteiger partial charge in [0.2, 0.25) is 5.91 Å². The van der Waals surface area contributed by atoms with Crippen molar-refractivity contribution in [1.82, 2.24) is 5.32 Å². The highest BCUT2D eigenvalue weighted by atomic mass is 79.9. The first-order valence-electron chi connectivity index (χ1n) is 12.9. The van der Waals surface area contributed by atoms with E-state index < -0.39 is 24.0 Å². The van der Waals surface area contributed by atoms with Crippen LogP contribution in [-0.2, 0) is 33.6 Å². The van der Waals surface area contributed by atoms with E-state index in [4.69, 9.17) is 25.1 Å². The molecule has 0 heterocycles. The van der Waals surface area contributed by atoms with E-state index in [9.17, 15) is 27.2 Å². The Kier molecular flexibility index (Phi) is 13.8. The number of carbonyl (C=O) groups excluding carboxylic acids is 2. The molecule has 3 aromatic carbocycles. The van der Waals surface area contributed by atoms with Crippen LogP contribution in [0.5, 0.6) is 11.5 Å². The third-order valence-electron chi connectivity index (χ3n) is 5.94. The number of halogens is 5. The van der Waals surface area contributed by atoms with Crippen molar-refractivity contribution >= 4 is 39.5 Å². The Balaban J connectivity index is 0.000000860. The van der Waals surface area contributed by atoms with Crippen LogP contribution in [0.25, 0.3) is 0 Å². The molecular formula is C30H30BrF4N3O6. The second kappa shape index (κ2) is 17.0. The lowest BCUT2D eigenvalue weighted by Crippen LogP contribution is -2.40. The number of aliphatic carboxylic acids is 1. The molecule has 4 N–H and O–H groups in total. The van der Waals surface area contributed by atoms with Gasteiger partial charge in [-0.15, -0.1) is 0 Å². The second-order valence-corrected chi connectivity index (χ2v) is 9.99. The first-order chi connectivity index (χ1) is 20.7. The number of nitrogens with zero attached hydrogens (tertiary/aromatic N) is 1. The molecule has 44 heavy (non-hydrogen) atoms. The minimum atomic E-state index is -5.08. The van der Waals surface area contributed by atoms with Crippen molar-refractivity contribution in [2.24, 2.45) is 10.7 Å². The highest BCUT2D eigenvalue weighted by Crippen LogP contribution is 2.23. The summed E-state index contributed by atoms with van der Waals surface area (Å²) in [5.74, 6) is -3.08. The third-order valence-corrected chi connectivity index (χ3v) is 6.67. The van der Waals surface area contributed by atoms with E-state index in [-0.39, 0.29) is 36.2 Å². The molecule has 1 atom stereocenters. The van der Waals surface area contributed by atoms with Crippen LogP contribution in [0.15, 0.2) is 76.2 Å². The fourth-order valence-electron chi connectivity index (χ4n) is 3.72. The van der Waals surface area contributed by atoms with Gasteiger partial charge in [-0.1, -0.05) is 58.4 Å². The highest BCUT2D eigenvalue weighted by Gasteiger charge is 2.38. The summed E-state index contributed by atoms with van der Waals surface area (Å²) in [5, 5.41) is 9.70. The molecule has 14 heteroatoms. The van der Waals surface area contributed by atoms with E-state index in [1.54, 1.807) is 37.4 Å². The normalized spacial score (nSPS) is 11.9. The Labute approximate surface area is 259 Å². The number of hydrogen-bond acceptors (Lipinski definition) is 6. The van der Waals surface area contributed by atoms with Gasteiger partial charge >= 0.3 is 12.1 Å². The van der Waals surface area contributed by atoms with E-state index >= 15 is 0 Å². The quantitative estimate of drug-likeness (QED) is 0.146. The summed E-state index contributed by atoms with van der Waals surface area (Å²) in [5.41, 5.74) is 8.47. The van der Waals surface area contributed by atoms with Crippen LogP contribution in [0.4, 0.5) is 17.6 Å². The number of nitrogens with two attached hydrogens (primary N) is 1. The summed E-state index contributed by atoms with van der Waals surface area (Å²) in [6, 6.07) is 18.5. The molecule has 3 rings (SSSR count). The fourth-order valence-corrected chi connectivity index (χ4v) is 4.22. The van der Waals surface area contributed by atoms with Gasteiger partial charge in [-0.2, -0.15) is 13.2 Å². The number of benzene rings is 3. The van der Waals surface area contributed by atoms with Gasteiger partial charge in [0, 0.05) is 17.3 Å². The molecule has 0 unspecified atom stereocenters. The molecule has 0 saturated heterocycles. The lowest BCUT2D eigenvalue weighted by molar-refractivity contribution is -0.192. The maximum absolute atomic E-state index is 13.7. The lowest BCUT2D eigenvalue weighted by atomic mass is 9.98. The van der Waals surface area contributed by atoms with Crippen molar-refractivity contribution in [3.63, 3.8) is 0 Å². The van der Waals surface area contributed by atoms with Crippen LogP contribution >= 0.6 is 15.9 Å². The minimum Gasteiger partial charge on any atom is -0.497 e. The van der Waals surface area contributed by atoms with Crippen LogP contribution in [-0.4, -0.2) is 55.2 Å². The molecule has 0 saturated carbocycles. The van der Waals surface area contributed by atoms with Crippen LogP contribution in [0.1, 0.15) is 23.1 Å². The van der Waals surface area contributed by atoms with E-state index in [1.165, 1.54) is 13.2 Å². The van der Waals surface area contributed by atoms with E-state index in [2.05, 4.69) is 26.2 Å². The molecule has 0 spiro atoms. The molecule has 3 aromatic rings. The topological polar surface area (TPSA) is 140 Å². The van der Waals surface area contributed by atoms with Crippen LogP contribution in [0.2, 0.25) is 0 Å². The number of Topliss-reactive ketones (excluding diaryl/α,β-unsaturated/α-hetero) is 1. The Morgan fingerprint density at radius 2 is 1.66 bits per heavy atom. The number of ketones is 1. The molecule has 9 nitrogen and oxygen atoms in total. The predicted octanol–water partition coefficient (Wildman–Crippen LogP) is 5.03. The van der Waals surface area contributed by atoms with Gasteiger partial charge < -0.3 is 20.3 Å². The minimum absolute atomic E-state index is 0.0600. The lowest BCUT2D eigenvalue weighted by Gasteiger charge is -2.14. The molecule has 0 bridgehead atoms. The van der Waals surface area contributed by atoms with Gasteiger partial charge in [-0.05, 0) is 47.4 Å². The second-order valence-electron chi connectivity index (χ2n) is 9.14. The van der Waals surface area contributed by atoms with Crippen LogP contribution in [0, 0.1) is 5.82 Å². The molecule has 0 aromatic heterocycles. The van der Waals surface area contributed by atoms with Gasteiger partial charge in [-0.25, -0.2) is 14.2 Å². The summed E-state index contributed by atoms with van der Waals surface area (Å²) < 4.78 is 56.4. The van der Waals surface area contributed by atoms with Gasteiger partial charge in [0.1, 0.15) is 11.8 Å². The summed E-state index contributed by atoms with van der Waals surface area (Å²) >= 11 is 3.43. The Morgan fingerprint density at radius 1 is 1.00 bits per heavy atom. The largest absolute Gasteiger partial charge is 0.497 e. The number of carboxylic acids is 1. The summed E-state index contributed by atoms with van der Waals surface area (Å²) in [4.78, 5) is 39.0. The van der Waals surface area contributed by atoms with Crippen molar-refractivity contribution in [3.05, 3.63) is 93.7 Å². The number of aryl methyl sites for hydroxylation is 1. The maximum atomic E-state index is 13.7. The van der Waals surface area contributed by atoms with E-state index in [0.717, 1.165) is 21.2 Å². The average molecular weight is 684 g/mol. The van der Waals surface area contributed by atoms with E-state index in [1.807, 2.05) is 30.3 Å². The molecule has 0 aliphatic carbocycles. The number of methoxy groups -OCH3 is 2. The smallest absolute Gasteiger partial charge is 0.490 e. The zero-order valence-corrected chi connectivity index (χ0v) is 25.2. The van der Waals surface area contributed by atoms with Crippen LogP contribution < -0.4 is 20.5 Å². The number of guanidine groups is 1. The van der Waals surface area contributed by atoms with Gasteiger partial charge in [0.15, 0.2) is 23.3 Å². The summed E-state index contributed by atoms with van der Waals surface area (Å²) in [6.45, 7) is 0. The zero-order chi connectivity index (χ0) is 32.9. The molecule has 0 radical (unpaired) electrons. The monoisotopic (exact) mass is 683 g/mol. The van der Waals surface area contributed by atoms with Crippen molar-refractivity contribution in [2.75, 3.05) is 14.2 Å². The first kappa shape index (κ1) is 35.7. The van der Waals surface area contributed by atoms with Crippen molar-refractivity contribution in [2.45, 2.75) is 37.9 Å². The number of rotatable bonds is 11. The Morgan fingerprint density at radius 3 is 2.23 bits per heavy atom. The SMILES string of the molecule is COc1ccc(CC(=O)NC(N)=N[C@H](Cc2ccccc2)C(=O)CCc2ccc(F)c(OC)c2)c(Br)c1.O=C(O)C(F)(F)F. The fraction of sp³-hybridized carbons (Fsp3) is 0.267. The van der Waals surface area contributed by atoms with Crippen molar-refractivity contribution in [3.8, 4) is 11.5 Å². The van der Waals surface area contributed by atoms with Crippen molar-refractivity contribution < 1.29 is 46.5 Å². The number of nitrogens with one attached hydrogen (secondary N) is 1. The third kappa shape index (κ3) is 12.0.